The summed E-state index contributed by atoms with van der Waals surface area (Å²) in [4.78, 5) is 12.4. The van der Waals surface area contributed by atoms with Crippen molar-refractivity contribution in [3.8, 4) is 0 Å². The van der Waals surface area contributed by atoms with E-state index in [1.54, 1.807) is 0 Å². The van der Waals surface area contributed by atoms with Crippen molar-refractivity contribution >= 4 is 74.5 Å². The van der Waals surface area contributed by atoms with Crippen molar-refractivity contribution in [2.75, 3.05) is 5.32 Å². The van der Waals surface area contributed by atoms with Crippen LogP contribution in [0.4, 0.5) is 5.69 Å². The molecular weight excluding hydrogens is 497 g/mol. The van der Waals surface area contributed by atoms with Crippen LogP contribution in [0.5, 0.6) is 0 Å². The zero-order chi connectivity index (χ0) is 24.1. The Morgan fingerprint density at radius 2 is 1.48 bits per heavy atom. The van der Waals surface area contributed by atoms with Crippen LogP contribution in [0.15, 0.2) is 42.5 Å². The average molecular weight is 531 g/mol. The number of unbranched alkanes of at least 4 members (excludes halogenated alkanes) is 8. The summed E-state index contributed by atoms with van der Waals surface area (Å²) in [6.45, 7) is 2.23. The van der Waals surface area contributed by atoms with Gasteiger partial charge in [0.2, 0.25) is 9.70 Å². The maximum absolute atomic E-state index is 12.4. The van der Waals surface area contributed by atoms with E-state index in [2.05, 4.69) is 22.9 Å². The molecule has 0 fully saturated rings. The fraction of sp³-hybridized carbons (Fsp3) is 0.520. The summed E-state index contributed by atoms with van der Waals surface area (Å²) in [5.74, 6) is -0.172. The van der Waals surface area contributed by atoms with Gasteiger partial charge in [-0.3, -0.25) is 4.79 Å². The lowest BCUT2D eigenvalue weighted by Gasteiger charge is -2.28. The average Bonchev–Trinajstić information content (AvgIpc) is 2.77. The largest absolute Gasteiger partial charge is 0.339 e. The molecule has 0 aliphatic rings. The Morgan fingerprint density at radius 1 is 0.879 bits per heavy atom. The molecule has 2 rings (SSSR count). The smallest absolute Gasteiger partial charge is 0.228 e. The second-order valence-corrected chi connectivity index (χ2v) is 11.0. The quantitative estimate of drug-likeness (QED) is 0.107. The molecule has 0 saturated carbocycles. The number of fused-ring (bicyclic) bond motifs is 1. The molecule has 0 spiro atoms. The number of rotatable bonds is 13. The third-order valence-electron chi connectivity index (χ3n) is 5.45. The van der Waals surface area contributed by atoms with Crippen LogP contribution in [0, 0.1) is 0 Å². The van der Waals surface area contributed by atoms with E-state index in [0.717, 1.165) is 35.7 Å². The zero-order valence-corrected chi connectivity index (χ0v) is 22.2. The predicted octanol–water partition coefficient (Wildman–Crippen LogP) is 7.86. The molecular formula is C25H34Cl3N3OS. The molecule has 0 aliphatic heterocycles. The van der Waals surface area contributed by atoms with E-state index < -0.39 is 9.96 Å². The van der Waals surface area contributed by atoms with E-state index in [1.165, 1.54) is 38.5 Å². The van der Waals surface area contributed by atoms with Crippen molar-refractivity contribution in [3.63, 3.8) is 0 Å². The number of nitrogens with one attached hydrogen (secondary N) is 3. The molecule has 2 aromatic rings. The predicted molar refractivity (Wildman–Crippen MR) is 147 cm³/mol. The minimum absolute atomic E-state index is 0.172. The van der Waals surface area contributed by atoms with E-state index >= 15 is 0 Å². The number of halogens is 3. The van der Waals surface area contributed by atoms with Crippen LogP contribution in [-0.4, -0.2) is 21.0 Å². The molecule has 2 aromatic carbocycles. The lowest BCUT2D eigenvalue weighted by Crippen LogP contribution is -2.56. The first-order valence-electron chi connectivity index (χ1n) is 11.7. The number of carbonyl (C=O) groups excluding carboxylic acids is 1. The fourth-order valence-corrected chi connectivity index (χ4v) is 4.21. The minimum Gasteiger partial charge on any atom is -0.339 e. The van der Waals surface area contributed by atoms with Crippen LogP contribution < -0.4 is 16.0 Å². The highest BCUT2D eigenvalue weighted by Crippen LogP contribution is 2.29. The van der Waals surface area contributed by atoms with Crippen LogP contribution in [0.2, 0.25) is 0 Å². The number of anilines is 1. The van der Waals surface area contributed by atoms with E-state index in [0.29, 0.717) is 6.42 Å². The Morgan fingerprint density at radius 3 is 2.15 bits per heavy atom. The normalized spacial score (nSPS) is 12.4. The third-order valence-corrected chi connectivity index (χ3v) is 6.33. The molecule has 0 saturated heterocycles. The van der Waals surface area contributed by atoms with Gasteiger partial charge >= 0.3 is 0 Å². The lowest BCUT2D eigenvalue weighted by atomic mass is 10.1. The van der Waals surface area contributed by atoms with Crippen molar-refractivity contribution in [1.29, 1.82) is 0 Å². The van der Waals surface area contributed by atoms with Gasteiger partial charge in [0, 0.05) is 17.5 Å². The van der Waals surface area contributed by atoms with Crippen molar-refractivity contribution in [2.24, 2.45) is 0 Å². The summed E-state index contributed by atoms with van der Waals surface area (Å²) in [6, 6.07) is 13.8. The van der Waals surface area contributed by atoms with Gasteiger partial charge in [0.1, 0.15) is 6.17 Å². The van der Waals surface area contributed by atoms with E-state index in [1.807, 2.05) is 42.5 Å². The molecule has 3 N–H and O–H groups in total. The summed E-state index contributed by atoms with van der Waals surface area (Å²) in [6.07, 6.45) is 10.1. The maximum atomic E-state index is 12.4. The molecule has 0 bridgehead atoms. The molecule has 0 unspecified atom stereocenters. The van der Waals surface area contributed by atoms with E-state index in [4.69, 9.17) is 47.0 Å². The monoisotopic (exact) mass is 529 g/mol. The van der Waals surface area contributed by atoms with Gasteiger partial charge in [0.25, 0.3) is 0 Å². The van der Waals surface area contributed by atoms with Crippen LogP contribution >= 0.6 is 47.0 Å². The van der Waals surface area contributed by atoms with Gasteiger partial charge < -0.3 is 16.0 Å². The van der Waals surface area contributed by atoms with Gasteiger partial charge in [-0.15, -0.1) is 0 Å². The minimum atomic E-state index is -1.77. The molecule has 4 nitrogen and oxygen atoms in total. The van der Waals surface area contributed by atoms with Crippen molar-refractivity contribution in [3.05, 3.63) is 42.5 Å². The van der Waals surface area contributed by atoms with Gasteiger partial charge in [-0.2, -0.15) is 0 Å². The Balaban J connectivity index is 1.78. The molecule has 0 heterocycles. The maximum Gasteiger partial charge on any atom is 0.228 e. The summed E-state index contributed by atoms with van der Waals surface area (Å²) >= 11 is 23.7. The lowest BCUT2D eigenvalue weighted by molar-refractivity contribution is -0.122. The van der Waals surface area contributed by atoms with Crippen LogP contribution in [0.25, 0.3) is 10.8 Å². The number of alkyl halides is 3. The van der Waals surface area contributed by atoms with Crippen LogP contribution in [0.1, 0.15) is 71.1 Å². The number of carbonyl (C=O) groups is 1. The second-order valence-electron chi connectivity index (χ2n) is 8.25. The summed E-state index contributed by atoms with van der Waals surface area (Å²) < 4.78 is -1.77. The Labute approximate surface area is 218 Å². The molecule has 33 heavy (non-hydrogen) atoms. The van der Waals surface area contributed by atoms with Gasteiger partial charge in [-0.05, 0) is 30.1 Å². The molecule has 0 aromatic heterocycles. The molecule has 8 heteroatoms. The molecule has 1 amide bonds. The van der Waals surface area contributed by atoms with Gasteiger partial charge in [0.15, 0.2) is 5.11 Å². The number of amides is 1. The van der Waals surface area contributed by atoms with Gasteiger partial charge in [-0.1, -0.05) is 129 Å². The molecule has 0 aliphatic carbocycles. The first-order chi connectivity index (χ1) is 15.8. The first kappa shape index (κ1) is 28.0. The highest BCUT2D eigenvalue weighted by Gasteiger charge is 2.34. The van der Waals surface area contributed by atoms with Crippen molar-refractivity contribution in [2.45, 2.75) is 81.1 Å². The Kier molecular flexibility index (Phi) is 12.6. The standard InChI is InChI=1S/C25H34Cl3N3OS/c1-2-3-4-5-6-7-8-9-10-18-22(32)30-23(25(26,27)28)31-24(33)29-21-17-13-15-19-14-11-12-16-20(19)21/h11-17,23H,2-10,18H2,1H3,(H,30,32)(H2,29,31,33)/t23-/m0/s1. The van der Waals surface area contributed by atoms with E-state index in [9.17, 15) is 4.79 Å². The summed E-state index contributed by atoms with van der Waals surface area (Å²) in [5, 5.41) is 11.2. The van der Waals surface area contributed by atoms with Crippen LogP contribution in [-0.2, 0) is 4.79 Å². The van der Waals surface area contributed by atoms with Gasteiger partial charge in [-0.25, -0.2) is 0 Å². The highest BCUT2D eigenvalue weighted by molar-refractivity contribution is 7.80. The highest BCUT2D eigenvalue weighted by atomic mass is 35.6. The number of hydrogen-bond donors (Lipinski definition) is 3. The van der Waals surface area contributed by atoms with Gasteiger partial charge in [0.05, 0.1) is 0 Å². The molecule has 1 atom stereocenters. The number of thiocarbonyl (C=S) groups is 1. The van der Waals surface area contributed by atoms with Crippen LogP contribution in [0.3, 0.4) is 0 Å². The first-order valence-corrected chi connectivity index (χ1v) is 13.3. The SMILES string of the molecule is CCCCCCCCCCCC(=O)N[C@@H](NC(=S)Nc1cccc2ccccc12)C(Cl)(Cl)Cl. The Hall–Kier alpha value is -1.27. The molecule has 0 radical (unpaired) electrons. The van der Waals surface area contributed by atoms with Crippen molar-refractivity contribution < 1.29 is 4.79 Å². The summed E-state index contributed by atoms with van der Waals surface area (Å²) in [7, 11) is 0. The van der Waals surface area contributed by atoms with E-state index in [-0.39, 0.29) is 11.0 Å². The fourth-order valence-electron chi connectivity index (χ4n) is 3.65. The zero-order valence-electron chi connectivity index (χ0n) is 19.1. The molecule has 182 valence electrons. The number of hydrogen-bond acceptors (Lipinski definition) is 2. The van der Waals surface area contributed by atoms with Crippen molar-refractivity contribution in [1.82, 2.24) is 10.6 Å². The topological polar surface area (TPSA) is 53.2 Å². The number of benzene rings is 2. The summed E-state index contributed by atoms with van der Waals surface area (Å²) in [5.41, 5.74) is 0.828. The Bertz CT molecular complexity index is 883. The third kappa shape index (κ3) is 10.7. The second kappa shape index (κ2) is 14.9.